The van der Waals surface area contributed by atoms with Gasteiger partial charge in [0.05, 0.1) is 16.8 Å². The molecule has 10 heteroatoms. The van der Waals surface area contributed by atoms with Crippen LogP contribution >= 0.6 is 11.6 Å². The molecule has 2 N–H and O–H groups in total. The molecule has 34 heavy (non-hydrogen) atoms. The van der Waals surface area contributed by atoms with Crippen LogP contribution in [-0.4, -0.2) is 32.6 Å². The average Bonchev–Trinajstić information content (AvgIpc) is 3.17. The van der Waals surface area contributed by atoms with Gasteiger partial charge in [-0.05, 0) is 61.7 Å². The van der Waals surface area contributed by atoms with E-state index in [4.69, 9.17) is 11.6 Å². The molecule has 5 rings (SSSR count). The van der Waals surface area contributed by atoms with Gasteiger partial charge in [-0.2, -0.15) is 4.98 Å². The lowest BCUT2D eigenvalue weighted by Gasteiger charge is -2.24. The second-order valence-corrected chi connectivity index (χ2v) is 8.77. The smallest absolute Gasteiger partial charge is 0.225 e. The van der Waals surface area contributed by atoms with E-state index < -0.39 is 17.5 Å². The van der Waals surface area contributed by atoms with Crippen molar-refractivity contribution in [2.75, 3.05) is 18.4 Å². The fraction of sp³-hybridized carbons (Fsp3) is 0.292. The van der Waals surface area contributed by atoms with Gasteiger partial charge in [0.2, 0.25) is 5.95 Å². The van der Waals surface area contributed by atoms with Crippen LogP contribution in [0.2, 0.25) is 5.02 Å². The second-order valence-electron chi connectivity index (χ2n) is 8.36. The van der Waals surface area contributed by atoms with E-state index in [2.05, 4.69) is 25.6 Å². The first kappa shape index (κ1) is 22.6. The lowest BCUT2D eigenvalue weighted by Crippen LogP contribution is -2.32. The summed E-state index contributed by atoms with van der Waals surface area (Å²) in [5, 5.41) is 6.70. The Morgan fingerprint density at radius 1 is 1.09 bits per heavy atom. The summed E-state index contributed by atoms with van der Waals surface area (Å²) in [6.45, 7) is 2.61. The molecule has 0 aliphatic carbocycles. The van der Waals surface area contributed by atoms with Crippen molar-refractivity contribution >= 4 is 28.7 Å². The van der Waals surface area contributed by atoms with Crippen molar-refractivity contribution in [1.29, 1.82) is 0 Å². The molecule has 1 aliphatic rings. The van der Waals surface area contributed by atoms with E-state index >= 15 is 0 Å². The molecular formula is C24H22ClF3N6. The molecule has 2 aromatic carbocycles. The van der Waals surface area contributed by atoms with Gasteiger partial charge in [-0.3, -0.25) is 0 Å². The van der Waals surface area contributed by atoms with E-state index in [9.17, 15) is 13.2 Å². The number of nitrogens with one attached hydrogen (secondary N) is 2. The van der Waals surface area contributed by atoms with Gasteiger partial charge in [0, 0.05) is 13.1 Å². The van der Waals surface area contributed by atoms with Gasteiger partial charge < -0.3 is 15.2 Å². The van der Waals surface area contributed by atoms with E-state index in [0.29, 0.717) is 41.0 Å². The lowest BCUT2D eigenvalue weighted by molar-refractivity contribution is 0.341. The van der Waals surface area contributed by atoms with E-state index in [1.54, 1.807) is 18.3 Å². The van der Waals surface area contributed by atoms with Crippen LogP contribution in [0.1, 0.15) is 18.4 Å². The molecule has 6 nitrogen and oxygen atoms in total. The molecule has 1 fully saturated rings. The Labute approximate surface area is 199 Å². The highest BCUT2D eigenvalue weighted by atomic mass is 35.5. The third kappa shape index (κ3) is 4.58. The number of aromatic nitrogens is 4. The molecular weight excluding hydrogens is 465 g/mol. The number of rotatable bonds is 6. The minimum atomic E-state index is -0.916. The fourth-order valence-corrected chi connectivity index (χ4v) is 4.50. The van der Waals surface area contributed by atoms with Crippen molar-refractivity contribution in [1.82, 2.24) is 24.8 Å². The zero-order valence-electron chi connectivity index (χ0n) is 18.2. The summed E-state index contributed by atoms with van der Waals surface area (Å²) in [5.41, 5.74) is 1.82. The van der Waals surface area contributed by atoms with Crippen LogP contribution in [0.25, 0.3) is 22.6 Å². The standard InChI is InChI=1S/C24H22ClF3N6/c25-16-4-1-5-18(27)21(16)23-32-20-12-31-24(30-11-14-6-7-17(26)19(28)9-14)33-22(20)34(23)13-15-3-2-8-29-10-15/h1,4-7,9,12,15,29H,2-3,8,10-11,13H2,(H,30,31,33). The van der Waals surface area contributed by atoms with Gasteiger partial charge >= 0.3 is 0 Å². The quantitative estimate of drug-likeness (QED) is 0.393. The number of fused-ring (bicyclic) bond motifs is 1. The van der Waals surface area contributed by atoms with E-state index in [1.807, 2.05) is 4.57 Å². The largest absolute Gasteiger partial charge is 0.350 e. The predicted octanol–water partition coefficient (Wildman–Crippen LogP) is 5.18. The summed E-state index contributed by atoms with van der Waals surface area (Å²) in [5.74, 6) is -1.26. The highest BCUT2D eigenvalue weighted by Gasteiger charge is 2.23. The van der Waals surface area contributed by atoms with Crippen molar-refractivity contribution in [2.24, 2.45) is 5.92 Å². The molecule has 1 saturated heterocycles. The summed E-state index contributed by atoms with van der Waals surface area (Å²) in [7, 11) is 0. The van der Waals surface area contributed by atoms with Gasteiger partial charge in [-0.1, -0.05) is 23.7 Å². The molecule has 1 unspecified atom stereocenters. The van der Waals surface area contributed by atoms with Crippen LogP contribution in [0.3, 0.4) is 0 Å². The summed E-state index contributed by atoms with van der Waals surface area (Å²) in [6, 6.07) is 8.23. The van der Waals surface area contributed by atoms with Crippen LogP contribution in [0.15, 0.2) is 42.6 Å². The summed E-state index contributed by atoms with van der Waals surface area (Å²) in [6.07, 6.45) is 3.65. The first-order valence-electron chi connectivity index (χ1n) is 11.1. The molecule has 0 radical (unpaired) electrons. The first-order chi connectivity index (χ1) is 16.5. The average molecular weight is 487 g/mol. The third-order valence-electron chi connectivity index (χ3n) is 5.95. The number of anilines is 1. The lowest BCUT2D eigenvalue weighted by atomic mass is 9.99. The first-order valence-corrected chi connectivity index (χ1v) is 11.4. The van der Waals surface area contributed by atoms with Crippen LogP contribution in [-0.2, 0) is 13.1 Å². The van der Waals surface area contributed by atoms with Crippen LogP contribution < -0.4 is 10.6 Å². The van der Waals surface area contributed by atoms with Crippen LogP contribution in [0.5, 0.6) is 0 Å². The SMILES string of the molecule is Fc1ccc(CNc2ncc3nc(-c4c(F)cccc4Cl)n(CC4CCCNC4)c3n2)cc1F. The molecule has 1 aliphatic heterocycles. The minimum absolute atomic E-state index is 0.204. The van der Waals surface area contributed by atoms with E-state index in [1.165, 1.54) is 12.1 Å². The van der Waals surface area contributed by atoms with Crippen molar-refractivity contribution in [2.45, 2.75) is 25.9 Å². The van der Waals surface area contributed by atoms with Gasteiger partial charge in [0.1, 0.15) is 17.2 Å². The van der Waals surface area contributed by atoms with Crippen LogP contribution in [0, 0.1) is 23.4 Å². The molecule has 2 aromatic heterocycles. The number of halogens is 4. The van der Waals surface area contributed by atoms with Crippen molar-refractivity contribution in [3.63, 3.8) is 0 Å². The normalized spacial score (nSPS) is 16.2. The Hall–Kier alpha value is -3.17. The maximum Gasteiger partial charge on any atom is 0.225 e. The number of piperidine rings is 1. The van der Waals surface area contributed by atoms with Gasteiger partial charge in [0.25, 0.3) is 0 Å². The summed E-state index contributed by atoms with van der Waals surface area (Å²) < 4.78 is 43.4. The molecule has 1 atom stereocenters. The van der Waals surface area contributed by atoms with Crippen molar-refractivity contribution < 1.29 is 13.2 Å². The molecule has 176 valence electrons. The maximum atomic E-state index is 14.8. The fourth-order valence-electron chi connectivity index (χ4n) is 4.25. The Morgan fingerprint density at radius 3 is 2.74 bits per heavy atom. The van der Waals surface area contributed by atoms with E-state index in [-0.39, 0.29) is 17.1 Å². The Morgan fingerprint density at radius 2 is 1.97 bits per heavy atom. The molecule has 0 amide bonds. The molecule has 3 heterocycles. The Balaban J connectivity index is 1.52. The molecule has 0 spiro atoms. The van der Waals surface area contributed by atoms with Gasteiger partial charge in [-0.25, -0.2) is 23.1 Å². The highest BCUT2D eigenvalue weighted by Crippen LogP contribution is 2.33. The van der Waals surface area contributed by atoms with Crippen molar-refractivity contribution in [3.8, 4) is 11.4 Å². The topological polar surface area (TPSA) is 67.7 Å². The number of imidazole rings is 1. The third-order valence-corrected chi connectivity index (χ3v) is 6.26. The predicted molar refractivity (Wildman–Crippen MR) is 125 cm³/mol. The minimum Gasteiger partial charge on any atom is -0.350 e. The number of hydrogen-bond acceptors (Lipinski definition) is 5. The monoisotopic (exact) mass is 486 g/mol. The molecule has 0 bridgehead atoms. The Bertz CT molecular complexity index is 1320. The summed E-state index contributed by atoms with van der Waals surface area (Å²) in [4.78, 5) is 13.5. The molecule has 0 saturated carbocycles. The Kier molecular flexibility index (Phi) is 6.38. The highest BCUT2D eigenvalue weighted by molar-refractivity contribution is 6.33. The van der Waals surface area contributed by atoms with E-state index in [0.717, 1.165) is 38.1 Å². The summed E-state index contributed by atoms with van der Waals surface area (Å²) >= 11 is 6.37. The number of hydrogen-bond donors (Lipinski definition) is 2. The molecule has 4 aromatic rings. The van der Waals surface area contributed by atoms with Crippen LogP contribution in [0.4, 0.5) is 19.1 Å². The maximum absolute atomic E-state index is 14.8. The van der Waals surface area contributed by atoms with Gasteiger partial charge in [0.15, 0.2) is 17.3 Å². The van der Waals surface area contributed by atoms with Crippen molar-refractivity contribution in [3.05, 3.63) is 70.6 Å². The zero-order chi connectivity index (χ0) is 23.7. The number of nitrogens with zero attached hydrogens (tertiary/aromatic N) is 4. The zero-order valence-corrected chi connectivity index (χ0v) is 18.9. The number of benzene rings is 2. The van der Waals surface area contributed by atoms with Gasteiger partial charge in [-0.15, -0.1) is 0 Å². The second kappa shape index (κ2) is 9.60.